The van der Waals surface area contributed by atoms with Crippen LogP contribution in [0.4, 0.5) is 5.69 Å². The number of hydrogen-bond donors (Lipinski definition) is 2. The number of rotatable bonds is 3. The number of carbonyl (C=O) groups excluding carboxylic acids is 1. The summed E-state index contributed by atoms with van der Waals surface area (Å²) in [6, 6.07) is 11.3. The van der Waals surface area contributed by atoms with Crippen LogP contribution >= 0.6 is 34.8 Å². The van der Waals surface area contributed by atoms with Crippen LogP contribution in [0.5, 0.6) is 0 Å². The molecule has 0 atom stereocenters. The van der Waals surface area contributed by atoms with E-state index in [1.165, 1.54) is 12.1 Å². The van der Waals surface area contributed by atoms with Gasteiger partial charge in [0.2, 0.25) is 5.82 Å². The second-order valence-corrected chi connectivity index (χ2v) is 5.97. The van der Waals surface area contributed by atoms with Gasteiger partial charge in [-0.25, -0.2) is 4.79 Å². The second-order valence-electron chi connectivity index (χ2n) is 4.72. The molecule has 2 N–H and O–H groups in total. The lowest BCUT2D eigenvalue weighted by Gasteiger charge is -2.04. The van der Waals surface area contributed by atoms with E-state index < -0.39 is 11.6 Å². The lowest BCUT2D eigenvalue weighted by molar-refractivity contribution is 0.101. The average Bonchev–Trinajstić information content (AvgIpc) is 2.91. The largest absolute Gasteiger partial charge is 0.348 e. The van der Waals surface area contributed by atoms with E-state index in [1.807, 2.05) is 0 Å². The van der Waals surface area contributed by atoms with E-state index in [4.69, 9.17) is 34.8 Å². The Labute approximate surface area is 151 Å². The van der Waals surface area contributed by atoms with Crippen molar-refractivity contribution in [2.45, 2.75) is 0 Å². The van der Waals surface area contributed by atoms with Crippen molar-refractivity contribution >= 4 is 46.4 Å². The molecule has 1 aromatic heterocycles. The summed E-state index contributed by atoms with van der Waals surface area (Å²) in [6.07, 6.45) is 0. The van der Waals surface area contributed by atoms with Gasteiger partial charge in [-0.15, -0.1) is 5.10 Å². The summed E-state index contributed by atoms with van der Waals surface area (Å²) < 4.78 is 0.986. The van der Waals surface area contributed by atoms with Gasteiger partial charge in [0.05, 0.1) is 21.4 Å². The van der Waals surface area contributed by atoms with Crippen molar-refractivity contribution in [1.29, 1.82) is 0 Å². The van der Waals surface area contributed by atoms with Crippen molar-refractivity contribution in [3.63, 3.8) is 0 Å². The predicted molar refractivity (Wildman–Crippen MR) is 93.6 cm³/mol. The standard InChI is InChI=1S/C15H9Cl3N4O2/c16-8-5-6-12(10(18)7-8)22-15(24)20-13(21-22)14(23)19-11-4-2-1-3-9(11)17/h1-7H,(H,19,23)(H,20,21,24). The number of nitrogens with one attached hydrogen (secondary N) is 2. The van der Waals surface area contributed by atoms with Gasteiger partial charge in [0, 0.05) is 5.02 Å². The number of anilines is 1. The van der Waals surface area contributed by atoms with E-state index in [0.717, 1.165) is 4.68 Å². The highest BCUT2D eigenvalue weighted by Gasteiger charge is 2.17. The molecule has 0 fully saturated rings. The molecule has 24 heavy (non-hydrogen) atoms. The second kappa shape index (κ2) is 6.68. The molecule has 9 heteroatoms. The lowest BCUT2D eigenvalue weighted by Crippen LogP contribution is -2.16. The molecule has 0 saturated carbocycles. The van der Waals surface area contributed by atoms with Gasteiger partial charge in [0.15, 0.2) is 0 Å². The zero-order valence-corrected chi connectivity index (χ0v) is 14.2. The summed E-state index contributed by atoms with van der Waals surface area (Å²) in [7, 11) is 0. The first-order valence-electron chi connectivity index (χ1n) is 6.66. The SMILES string of the molecule is O=C(Nc1ccccc1Cl)c1nn(-c2ccc(Cl)cc2Cl)c(=O)[nH]1. The van der Waals surface area contributed by atoms with Crippen molar-refractivity contribution < 1.29 is 4.79 Å². The average molecular weight is 384 g/mol. The molecule has 0 saturated heterocycles. The maximum absolute atomic E-state index is 12.2. The highest BCUT2D eigenvalue weighted by atomic mass is 35.5. The lowest BCUT2D eigenvalue weighted by atomic mass is 10.3. The van der Waals surface area contributed by atoms with Crippen LogP contribution < -0.4 is 11.0 Å². The van der Waals surface area contributed by atoms with Crippen LogP contribution in [-0.4, -0.2) is 20.7 Å². The fourth-order valence-corrected chi connectivity index (χ4v) is 2.66. The summed E-state index contributed by atoms with van der Waals surface area (Å²) in [6.45, 7) is 0. The fourth-order valence-electron chi connectivity index (χ4n) is 1.99. The van der Waals surface area contributed by atoms with Gasteiger partial charge in [-0.05, 0) is 30.3 Å². The Bertz CT molecular complexity index is 981. The van der Waals surface area contributed by atoms with E-state index in [1.54, 1.807) is 30.3 Å². The normalized spacial score (nSPS) is 10.6. The van der Waals surface area contributed by atoms with Crippen molar-refractivity contribution in [3.05, 3.63) is 73.8 Å². The van der Waals surface area contributed by atoms with Gasteiger partial charge >= 0.3 is 5.69 Å². The molecule has 0 unspecified atom stereocenters. The van der Waals surface area contributed by atoms with Crippen molar-refractivity contribution in [2.75, 3.05) is 5.32 Å². The molecule has 122 valence electrons. The van der Waals surface area contributed by atoms with Crippen molar-refractivity contribution in [1.82, 2.24) is 14.8 Å². The predicted octanol–water partition coefficient (Wildman–Crippen LogP) is 3.77. The zero-order chi connectivity index (χ0) is 17.3. The van der Waals surface area contributed by atoms with Crippen LogP contribution in [0.3, 0.4) is 0 Å². The third kappa shape index (κ3) is 3.31. The molecule has 0 aliphatic carbocycles. The number of carbonyl (C=O) groups is 1. The molecule has 0 radical (unpaired) electrons. The summed E-state index contributed by atoms with van der Waals surface area (Å²) in [5.74, 6) is -0.782. The molecule has 0 aliphatic rings. The number of nitrogens with zero attached hydrogens (tertiary/aromatic N) is 2. The van der Waals surface area contributed by atoms with Crippen LogP contribution in [0.15, 0.2) is 47.3 Å². The van der Waals surface area contributed by atoms with Crippen LogP contribution in [0.2, 0.25) is 15.1 Å². The number of hydrogen-bond acceptors (Lipinski definition) is 3. The Balaban J connectivity index is 1.93. The number of para-hydroxylation sites is 1. The number of aromatic nitrogens is 3. The summed E-state index contributed by atoms with van der Waals surface area (Å²) in [4.78, 5) is 26.7. The Morgan fingerprint density at radius 1 is 1.08 bits per heavy atom. The minimum atomic E-state index is -0.608. The molecular formula is C15H9Cl3N4O2. The summed E-state index contributed by atoms with van der Waals surface area (Å²) in [5, 5.41) is 7.55. The Morgan fingerprint density at radius 2 is 1.83 bits per heavy atom. The smallest absolute Gasteiger partial charge is 0.318 e. The first kappa shape index (κ1) is 16.6. The molecule has 2 aromatic carbocycles. The fraction of sp³-hybridized carbons (Fsp3) is 0. The Hall–Kier alpha value is -2.28. The van der Waals surface area contributed by atoms with E-state index in [-0.39, 0.29) is 10.8 Å². The number of H-pyrrole nitrogens is 1. The first-order chi connectivity index (χ1) is 11.5. The number of amides is 1. The topological polar surface area (TPSA) is 79.8 Å². The highest BCUT2D eigenvalue weighted by molar-refractivity contribution is 6.35. The van der Waals surface area contributed by atoms with Gasteiger partial charge in [0.25, 0.3) is 5.91 Å². The molecule has 1 heterocycles. The number of halogens is 3. The number of benzene rings is 2. The van der Waals surface area contributed by atoms with E-state index >= 15 is 0 Å². The highest BCUT2D eigenvalue weighted by Crippen LogP contribution is 2.23. The monoisotopic (exact) mass is 382 g/mol. The maximum Gasteiger partial charge on any atom is 0.348 e. The molecule has 0 spiro atoms. The Kier molecular flexibility index (Phi) is 4.62. The van der Waals surface area contributed by atoms with Crippen molar-refractivity contribution in [2.24, 2.45) is 0 Å². The first-order valence-corrected chi connectivity index (χ1v) is 7.80. The van der Waals surface area contributed by atoms with E-state index in [9.17, 15) is 9.59 Å². The molecular weight excluding hydrogens is 375 g/mol. The van der Waals surface area contributed by atoms with E-state index in [0.29, 0.717) is 21.4 Å². The molecule has 6 nitrogen and oxygen atoms in total. The minimum Gasteiger partial charge on any atom is -0.318 e. The molecule has 1 amide bonds. The number of aromatic amines is 1. The molecule has 0 aliphatic heterocycles. The zero-order valence-electron chi connectivity index (χ0n) is 11.9. The quantitative estimate of drug-likeness (QED) is 0.722. The van der Waals surface area contributed by atoms with Crippen LogP contribution in [0.25, 0.3) is 5.69 Å². The van der Waals surface area contributed by atoms with Gasteiger partial charge in [0.1, 0.15) is 0 Å². The van der Waals surface area contributed by atoms with Crippen molar-refractivity contribution in [3.8, 4) is 5.69 Å². The minimum absolute atomic E-state index is 0.175. The van der Waals surface area contributed by atoms with Gasteiger partial charge < -0.3 is 5.32 Å². The third-order valence-electron chi connectivity index (χ3n) is 3.09. The summed E-state index contributed by atoms with van der Waals surface area (Å²) >= 11 is 17.9. The molecule has 3 rings (SSSR count). The van der Waals surface area contributed by atoms with Crippen LogP contribution in [0.1, 0.15) is 10.6 Å². The van der Waals surface area contributed by atoms with Crippen LogP contribution in [-0.2, 0) is 0 Å². The summed E-state index contributed by atoms with van der Waals surface area (Å²) in [5.41, 5.74) is 0.103. The molecule has 0 bridgehead atoms. The third-order valence-corrected chi connectivity index (χ3v) is 3.96. The molecule has 3 aromatic rings. The Morgan fingerprint density at radius 3 is 2.54 bits per heavy atom. The van der Waals surface area contributed by atoms with E-state index in [2.05, 4.69) is 15.4 Å². The van der Waals surface area contributed by atoms with Gasteiger partial charge in [-0.2, -0.15) is 4.68 Å². The van der Waals surface area contributed by atoms with Crippen LogP contribution in [0, 0.1) is 0 Å². The van der Waals surface area contributed by atoms with Gasteiger partial charge in [-0.3, -0.25) is 9.78 Å². The maximum atomic E-state index is 12.2. The van der Waals surface area contributed by atoms with Gasteiger partial charge in [-0.1, -0.05) is 46.9 Å².